The van der Waals surface area contributed by atoms with Crippen molar-refractivity contribution in [3.63, 3.8) is 0 Å². The van der Waals surface area contributed by atoms with E-state index in [2.05, 4.69) is 37.3 Å². The molecule has 2 saturated carbocycles. The highest BCUT2D eigenvalue weighted by Crippen LogP contribution is 2.61. The zero-order valence-electron chi connectivity index (χ0n) is 20.0. The maximum absolute atomic E-state index is 11.3. The fourth-order valence-electron chi connectivity index (χ4n) is 6.88. The van der Waals surface area contributed by atoms with E-state index in [-0.39, 0.29) is 18.2 Å². The van der Waals surface area contributed by atoms with Crippen LogP contribution in [0.2, 0.25) is 0 Å². The largest absolute Gasteiger partial charge is 0.489 e. The van der Waals surface area contributed by atoms with E-state index >= 15 is 0 Å². The second-order valence-corrected chi connectivity index (χ2v) is 12.1. The average molecular weight is 486 g/mol. The zero-order chi connectivity index (χ0) is 23.9. The van der Waals surface area contributed by atoms with E-state index < -0.39 is 10.3 Å². The van der Waals surface area contributed by atoms with Gasteiger partial charge in [0.25, 0.3) is 0 Å². The van der Waals surface area contributed by atoms with E-state index in [1.807, 2.05) is 18.2 Å². The van der Waals surface area contributed by atoms with Crippen molar-refractivity contribution < 1.29 is 22.4 Å². The first-order valence-corrected chi connectivity index (χ1v) is 13.8. The molecule has 0 unspecified atom stereocenters. The van der Waals surface area contributed by atoms with Gasteiger partial charge in [-0.3, -0.25) is 4.55 Å². The minimum atomic E-state index is -4.22. The third-order valence-electron chi connectivity index (χ3n) is 8.71. The first-order valence-electron chi connectivity index (χ1n) is 12.4. The maximum atomic E-state index is 11.3. The molecule has 0 aliphatic heterocycles. The lowest BCUT2D eigenvalue weighted by atomic mass is 9.55. The van der Waals surface area contributed by atoms with Gasteiger partial charge in [-0.15, -0.1) is 0 Å². The standard InChI is InChI=1S/C27H35NO5S/c1-27-15-14-23-22-11-9-21(32-17-19-6-4-3-5-7-19)16-20(22)8-10-24(23)25(27)12-13-26(27)33-18-28(2)34(29,30)31/h3-7,9,11,16,23-26H,8,10,12-15,17-18H2,1-2H3,(H,29,30,31)/t23-,24-,25+,26-,27+/m1/s1. The van der Waals surface area contributed by atoms with E-state index in [0.717, 1.165) is 42.2 Å². The van der Waals surface area contributed by atoms with Gasteiger partial charge in [0.2, 0.25) is 0 Å². The van der Waals surface area contributed by atoms with Gasteiger partial charge in [-0.05, 0) is 90.5 Å². The molecule has 0 spiro atoms. The van der Waals surface area contributed by atoms with Gasteiger partial charge in [0.05, 0.1) is 6.10 Å². The third kappa shape index (κ3) is 4.51. The van der Waals surface area contributed by atoms with Crippen LogP contribution in [0.15, 0.2) is 48.5 Å². The second-order valence-electron chi connectivity index (χ2n) is 10.5. The minimum absolute atomic E-state index is 0.0257. The molecule has 0 amide bonds. The molecule has 0 aromatic heterocycles. The molecule has 3 aliphatic rings. The predicted octanol–water partition coefficient (Wildman–Crippen LogP) is 5.20. The molecule has 34 heavy (non-hydrogen) atoms. The molecule has 3 aliphatic carbocycles. The van der Waals surface area contributed by atoms with Gasteiger partial charge < -0.3 is 9.47 Å². The van der Waals surface area contributed by atoms with Crippen molar-refractivity contribution in [1.82, 2.24) is 4.31 Å². The highest BCUT2D eigenvalue weighted by Gasteiger charge is 2.55. The molecule has 5 rings (SSSR count). The van der Waals surface area contributed by atoms with Crippen LogP contribution in [0.4, 0.5) is 0 Å². The summed E-state index contributed by atoms with van der Waals surface area (Å²) in [5.41, 5.74) is 4.14. The Labute approximate surface area is 203 Å². The number of hydrogen-bond acceptors (Lipinski definition) is 4. The lowest BCUT2D eigenvalue weighted by Crippen LogP contribution is -2.45. The molecular weight excluding hydrogens is 450 g/mol. The first-order chi connectivity index (χ1) is 16.3. The Balaban J connectivity index is 1.26. The molecule has 0 bridgehead atoms. The summed E-state index contributed by atoms with van der Waals surface area (Å²) in [6.45, 7) is 2.81. The second kappa shape index (κ2) is 9.26. The maximum Gasteiger partial charge on any atom is 0.337 e. The summed E-state index contributed by atoms with van der Waals surface area (Å²) in [6, 6.07) is 16.9. The summed E-state index contributed by atoms with van der Waals surface area (Å²) in [5, 5.41) is 0. The van der Waals surface area contributed by atoms with Gasteiger partial charge in [-0.25, -0.2) is 0 Å². The summed E-state index contributed by atoms with van der Waals surface area (Å²) in [6.07, 6.45) is 6.54. The van der Waals surface area contributed by atoms with Gasteiger partial charge in [0.1, 0.15) is 19.1 Å². The molecular formula is C27H35NO5S. The van der Waals surface area contributed by atoms with Crippen LogP contribution in [0.1, 0.15) is 61.6 Å². The van der Waals surface area contributed by atoms with E-state index in [9.17, 15) is 13.0 Å². The van der Waals surface area contributed by atoms with Crippen molar-refractivity contribution in [2.24, 2.45) is 17.3 Å². The Morgan fingerprint density at radius 3 is 2.65 bits per heavy atom. The Morgan fingerprint density at radius 2 is 1.88 bits per heavy atom. The summed E-state index contributed by atoms with van der Waals surface area (Å²) in [4.78, 5) is 0. The van der Waals surface area contributed by atoms with Gasteiger partial charge in [0, 0.05) is 7.05 Å². The van der Waals surface area contributed by atoms with Crippen LogP contribution in [-0.4, -0.2) is 37.2 Å². The molecule has 2 aromatic carbocycles. The number of aryl methyl sites for hydroxylation is 1. The minimum Gasteiger partial charge on any atom is -0.489 e. The summed E-state index contributed by atoms with van der Waals surface area (Å²) >= 11 is 0. The van der Waals surface area contributed by atoms with Crippen molar-refractivity contribution in [2.75, 3.05) is 13.8 Å². The van der Waals surface area contributed by atoms with Crippen LogP contribution >= 0.6 is 0 Å². The Bertz CT molecular complexity index is 1120. The van der Waals surface area contributed by atoms with Crippen molar-refractivity contribution >= 4 is 10.3 Å². The van der Waals surface area contributed by atoms with E-state index in [4.69, 9.17) is 9.47 Å². The van der Waals surface area contributed by atoms with Crippen LogP contribution in [-0.2, 0) is 28.1 Å². The molecule has 0 saturated heterocycles. The predicted molar refractivity (Wildman–Crippen MR) is 131 cm³/mol. The van der Waals surface area contributed by atoms with Crippen LogP contribution in [0.5, 0.6) is 5.75 Å². The van der Waals surface area contributed by atoms with E-state index in [1.54, 1.807) is 0 Å². The van der Waals surface area contributed by atoms with E-state index in [1.165, 1.54) is 30.2 Å². The highest BCUT2D eigenvalue weighted by molar-refractivity contribution is 7.83. The molecule has 2 aromatic rings. The zero-order valence-corrected chi connectivity index (χ0v) is 20.8. The Kier molecular flexibility index (Phi) is 6.48. The van der Waals surface area contributed by atoms with Gasteiger partial charge in [0.15, 0.2) is 0 Å². The number of ether oxygens (including phenoxy) is 2. The smallest absolute Gasteiger partial charge is 0.337 e. The summed E-state index contributed by atoms with van der Waals surface area (Å²) in [7, 11) is -2.88. The average Bonchev–Trinajstić information content (AvgIpc) is 3.17. The molecule has 6 nitrogen and oxygen atoms in total. The normalized spacial score (nSPS) is 30.5. The summed E-state index contributed by atoms with van der Waals surface area (Å²) in [5.74, 6) is 2.73. The third-order valence-corrected chi connectivity index (χ3v) is 9.60. The number of fused-ring (bicyclic) bond motifs is 5. The molecule has 1 N–H and O–H groups in total. The first kappa shape index (κ1) is 23.8. The Morgan fingerprint density at radius 1 is 1.09 bits per heavy atom. The van der Waals surface area contributed by atoms with Gasteiger partial charge >= 0.3 is 10.3 Å². The highest BCUT2D eigenvalue weighted by atomic mass is 32.2. The van der Waals surface area contributed by atoms with Crippen LogP contribution in [0.25, 0.3) is 0 Å². The van der Waals surface area contributed by atoms with Crippen molar-refractivity contribution in [3.05, 3.63) is 65.2 Å². The van der Waals surface area contributed by atoms with Crippen molar-refractivity contribution in [1.29, 1.82) is 0 Å². The van der Waals surface area contributed by atoms with Gasteiger partial charge in [-0.2, -0.15) is 12.7 Å². The molecule has 0 heterocycles. The number of benzene rings is 2. The topological polar surface area (TPSA) is 76.1 Å². The number of hydrogen-bond donors (Lipinski definition) is 1. The lowest BCUT2D eigenvalue weighted by Gasteiger charge is -2.50. The number of rotatable bonds is 7. The molecule has 0 radical (unpaired) electrons. The monoisotopic (exact) mass is 485 g/mol. The molecule has 2 fully saturated rings. The van der Waals surface area contributed by atoms with Crippen LogP contribution < -0.4 is 4.74 Å². The molecule has 184 valence electrons. The quantitative estimate of drug-likeness (QED) is 0.431. The van der Waals surface area contributed by atoms with Crippen molar-refractivity contribution in [3.8, 4) is 5.75 Å². The SMILES string of the molecule is CN(CO[C@@H]1CC[C@H]2[C@@H]3CCc4cc(OCc5ccccc5)ccc4[C@H]3CC[C@]12C)S(=O)(=O)O. The summed E-state index contributed by atoms with van der Waals surface area (Å²) < 4.78 is 44.9. The van der Waals surface area contributed by atoms with Gasteiger partial charge in [-0.1, -0.05) is 43.3 Å². The Hall–Kier alpha value is -1.93. The molecule has 5 atom stereocenters. The van der Waals surface area contributed by atoms with Crippen LogP contribution in [0, 0.1) is 17.3 Å². The fraction of sp³-hybridized carbons (Fsp3) is 0.556. The number of nitrogens with zero attached hydrogens (tertiary/aromatic N) is 1. The van der Waals surface area contributed by atoms with Crippen molar-refractivity contribution in [2.45, 2.75) is 64.1 Å². The molecule has 7 heteroatoms. The fourth-order valence-corrected chi connectivity index (χ4v) is 7.07. The lowest BCUT2D eigenvalue weighted by molar-refractivity contribution is -0.0807. The van der Waals surface area contributed by atoms with Crippen LogP contribution in [0.3, 0.4) is 0 Å². The van der Waals surface area contributed by atoms with E-state index in [0.29, 0.717) is 24.4 Å².